The van der Waals surface area contributed by atoms with E-state index in [0.717, 1.165) is 5.01 Å². The van der Waals surface area contributed by atoms with Gasteiger partial charge >= 0.3 is 12.1 Å². The van der Waals surface area contributed by atoms with E-state index in [9.17, 15) is 18.0 Å². The molecule has 88 valence electrons. The number of hydrogen-bond donors (Lipinski definition) is 1. The van der Waals surface area contributed by atoms with Crippen LogP contribution in [0.5, 0.6) is 0 Å². The first-order valence-corrected chi connectivity index (χ1v) is 4.17. The molecule has 0 aliphatic carbocycles. The van der Waals surface area contributed by atoms with Crippen molar-refractivity contribution in [3.8, 4) is 0 Å². The summed E-state index contributed by atoms with van der Waals surface area (Å²) in [5.41, 5.74) is 0.817. The van der Waals surface area contributed by atoms with Crippen LogP contribution < -0.4 is 5.43 Å². The Bertz CT molecular complexity index is 249. The van der Waals surface area contributed by atoms with E-state index in [1.807, 2.05) is 5.43 Å². The molecular formula is C8H13F3N2O2. The molecule has 0 bridgehead atoms. The molecule has 0 saturated carbocycles. The van der Waals surface area contributed by atoms with Crippen molar-refractivity contribution < 1.29 is 22.7 Å². The van der Waals surface area contributed by atoms with E-state index in [1.54, 1.807) is 0 Å². The number of nitrogens with zero attached hydrogens (tertiary/aromatic N) is 1. The lowest BCUT2D eigenvalue weighted by atomic mass is 10.4. The summed E-state index contributed by atoms with van der Waals surface area (Å²) in [6.45, 7) is 1.54. The van der Waals surface area contributed by atoms with Gasteiger partial charge in [-0.25, -0.2) is 9.80 Å². The van der Waals surface area contributed by atoms with Crippen molar-refractivity contribution in [1.29, 1.82) is 0 Å². The molecule has 0 rings (SSSR count). The fourth-order valence-electron chi connectivity index (χ4n) is 0.720. The Kier molecular flexibility index (Phi) is 5.13. The molecule has 0 fully saturated rings. The second-order valence-electron chi connectivity index (χ2n) is 2.81. The zero-order chi connectivity index (χ0) is 12.1. The number of halogens is 3. The summed E-state index contributed by atoms with van der Waals surface area (Å²) in [6.07, 6.45) is -4.24. The molecule has 0 unspecified atom stereocenters. The number of rotatable bonds is 4. The van der Waals surface area contributed by atoms with Gasteiger partial charge in [0, 0.05) is 14.1 Å². The van der Waals surface area contributed by atoms with Gasteiger partial charge in [0.05, 0.1) is 12.7 Å². The smallest absolute Gasteiger partial charge is 0.432 e. The van der Waals surface area contributed by atoms with E-state index in [2.05, 4.69) is 4.74 Å². The lowest BCUT2D eigenvalue weighted by Crippen LogP contribution is -2.36. The van der Waals surface area contributed by atoms with Crippen LogP contribution in [0.2, 0.25) is 0 Å². The SMILES string of the molecule is CCOC(=O)/C=C(/NN(C)C)C(F)(F)F. The number of carbonyl (C=O) groups excluding carboxylic acids is 1. The molecule has 0 radical (unpaired) electrons. The average Bonchev–Trinajstić information content (AvgIpc) is 2.00. The molecule has 4 nitrogen and oxygen atoms in total. The third kappa shape index (κ3) is 5.95. The van der Waals surface area contributed by atoms with Gasteiger partial charge in [0.15, 0.2) is 0 Å². The standard InChI is InChI=1S/C8H13F3N2O2/c1-4-15-7(14)5-6(8(9,10)11)12-13(2)3/h5,12H,4H2,1-3H3/b6-5+. The Balaban J connectivity index is 4.70. The summed E-state index contributed by atoms with van der Waals surface area (Å²) in [7, 11) is 2.76. The number of allylic oxidation sites excluding steroid dienone is 1. The Labute approximate surface area is 85.7 Å². The minimum absolute atomic E-state index is 0.0302. The van der Waals surface area contributed by atoms with Crippen molar-refractivity contribution in [2.24, 2.45) is 0 Å². The van der Waals surface area contributed by atoms with Crippen LogP contribution in [0, 0.1) is 0 Å². The van der Waals surface area contributed by atoms with Crippen molar-refractivity contribution in [2.45, 2.75) is 13.1 Å². The largest absolute Gasteiger partial charge is 0.463 e. The monoisotopic (exact) mass is 226 g/mol. The summed E-state index contributed by atoms with van der Waals surface area (Å²) in [5.74, 6) is -1.03. The van der Waals surface area contributed by atoms with Crippen LogP contribution in [0.15, 0.2) is 11.8 Å². The summed E-state index contributed by atoms with van der Waals surface area (Å²) >= 11 is 0. The summed E-state index contributed by atoms with van der Waals surface area (Å²) in [4.78, 5) is 10.8. The quantitative estimate of drug-likeness (QED) is 0.442. The van der Waals surface area contributed by atoms with Crippen LogP contribution in [0.1, 0.15) is 6.92 Å². The van der Waals surface area contributed by atoms with Crippen molar-refractivity contribution in [3.63, 3.8) is 0 Å². The van der Waals surface area contributed by atoms with Crippen molar-refractivity contribution in [2.75, 3.05) is 20.7 Å². The first-order valence-electron chi connectivity index (χ1n) is 4.17. The van der Waals surface area contributed by atoms with Gasteiger partial charge in [-0.05, 0) is 6.92 Å². The van der Waals surface area contributed by atoms with Crippen LogP contribution in [0.25, 0.3) is 0 Å². The lowest BCUT2D eigenvalue weighted by Gasteiger charge is -2.18. The number of nitrogens with one attached hydrogen (secondary N) is 1. The van der Waals surface area contributed by atoms with Crippen LogP contribution in [-0.4, -0.2) is 37.9 Å². The van der Waals surface area contributed by atoms with Gasteiger partial charge in [-0.2, -0.15) is 13.2 Å². The highest BCUT2D eigenvalue weighted by Gasteiger charge is 2.35. The number of ether oxygens (including phenoxy) is 1. The minimum atomic E-state index is -4.61. The van der Waals surface area contributed by atoms with Crippen LogP contribution >= 0.6 is 0 Å². The molecule has 0 aromatic rings. The number of hydrazine groups is 1. The Morgan fingerprint density at radius 3 is 2.33 bits per heavy atom. The van der Waals surface area contributed by atoms with Gasteiger partial charge in [-0.3, -0.25) is 0 Å². The highest BCUT2D eigenvalue weighted by molar-refractivity contribution is 5.82. The Morgan fingerprint density at radius 2 is 2.00 bits per heavy atom. The fraction of sp³-hybridized carbons (Fsp3) is 0.625. The highest BCUT2D eigenvalue weighted by Crippen LogP contribution is 2.23. The predicted molar refractivity (Wildman–Crippen MR) is 47.6 cm³/mol. The maximum atomic E-state index is 12.3. The molecule has 0 atom stereocenters. The van der Waals surface area contributed by atoms with Crippen LogP contribution in [-0.2, 0) is 9.53 Å². The van der Waals surface area contributed by atoms with Gasteiger partial charge in [0.25, 0.3) is 0 Å². The van der Waals surface area contributed by atoms with Gasteiger partial charge in [-0.15, -0.1) is 0 Å². The molecule has 0 aliphatic heterocycles. The zero-order valence-corrected chi connectivity index (χ0v) is 8.68. The van der Waals surface area contributed by atoms with Crippen molar-refractivity contribution in [1.82, 2.24) is 10.4 Å². The summed E-state index contributed by atoms with van der Waals surface area (Å²) in [5, 5.41) is 1.08. The van der Waals surface area contributed by atoms with E-state index in [0.29, 0.717) is 6.08 Å². The second kappa shape index (κ2) is 5.59. The first kappa shape index (κ1) is 13.8. The Hall–Kier alpha value is -1.24. The molecule has 7 heteroatoms. The van der Waals surface area contributed by atoms with Gasteiger partial charge in [0.2, 0.25) is 0 Å². The molecule has 0 aromatic heterocycles. The molecule has 0 aromatic carbocycles. The van der Waals surface area contributed by atoms with E-state index in [4.69, 9.17) is 0 Å². The second-order valence-corrected chi connectivity index (χ2v) is 2.81. The van der Waals surface area contributed by atoms with Crippen molar-refractivity contribution in [3.05, 3.63) is 11.8 Å². The summed E-state index contributed by atoms with van der Waals surface area (Å²) < 4.78 is 41.3. The van der Waals surface area contributed by atoms with E-state index in [-0.39, 0.29) is 6.61 Å². The lowest BCUT2D eigenvalue weighted by molar-refractivity contribution is -0.138. The predicted octanol–water partition coefficient (Wildman–Crippen LogP) is 1.06. The third-order valence-electron chi connectivity index (χ3n) is 1.20. The van der Waals surface area contributed by atoms with Gasteiger partial charge in [-0.1, -0.05) is 0 Å². The Morgan fingerprint density at radius 1 is 1.47 bits per heavy atom. The normalized spacial score (nSPS) is 12.9. The van der Waals surface area contributed by atoms with Crippen molar-refractivity contribution >= 4 is 5.97 Å². The number of hydrogen-bond acceptors (Lipinski definition) is 4. The maximum Gasteiger partial charge on any atom is 0.432 e. The molecule has 1 N–H and O–H groups in total. The molecular weight excluding hydrogens is 213 g/mol. The zero-order valence-electron chi connectivity index (χ0n) is 8.68. The number of alkyl halides is 3. The maximum absolute atomic E-state index is 12.3. The third-order valence-corrected chi connectivity index (χ3v) is 1.20. The number of esters is 1. The van der Waals surface area contributed by atoms with Crippen LogP contribution in [0.4, 0.5) is 13.2 Å². The molecule has 0 saturated heterocycles. The van der Waals surface area contributed by atoms with Crippen LogP contribution in [0.3, 0.4) is 0 Å². The molecule has 0 heterocycles. The average molecular weight is 226 g/mol. The van der Waals surface area contributed by atoms with Gasteiger partial charge < -0.3 is 10.2 Å². The summed E-state index contributed by atoms with van der Waals surface area (Å²) in [6, 6.07) is 0. The molecule has 0 spiro atoms. The first-order chi connectivity index (χ1) is 6.77. The number of carbonyl (C=O) groups is 1. The molecule has 0 aliphatic rings. The van der Waals surface area contributed by atoms with E-state index < -0.39 is 17.8 Å². The van der Waals surface area contributed by atoms with Gasteiger partial charge in [0.1, 0.15) is 5.70 Å². The highest BCUT2D eigenvalue weighted by atomic mass is 19.4. The topological polar surface area (TPSA) is 41.6 Å². The molecule has 0 amide bonds. The fourth-order valence-corrected chi connectivity index (χ4v) is 0.720. The van der Waals surface area contributed by atoms with E-state index in [1.165, 1.54) is 21.0 Å². The minimum Gasteiger partial charge on any atom is -0.463 e. The van der Waals surface area contributed by atoms with E-state index >= 15 is 0 Å². The molecule has 15 heavy (non-hydrogen) atoms.